The number of hydrogen-bond acceptors (Lipinski definition) is 4. The van der Waals surface area contributed by atoms with E-state index in [4.69, 9.17) is 14.3 Å². The van der Waals surface area contributed by atoms with Crippen LogP contribution in [0.15, 0.2) is 18.2 Å². The van der Waals surface area contributed by atoms with Crippen molar-refractivity contribution in [2.75, 3.05) is 13.2 Å². The minimum atomic E-state index is -0.258. The molecule has 0 aliphatic heterocycles. The first-order chi connectivity index (χ1) is 10.2. The van der Waals surface area contributed by atoms with Gasteiger partial charge in [0, 0.05) is 5.56 Å². The molecule has 0 spiro atoms. The minimum Gasteiger partial charge on any atom is -0.490 e. The van der Waals surface area contributed by atoms with Crippen molar-refractivity contribution in [2.45, 2.75) is 45.6 Å². The van der Waals surface area contributed by atoms with Gasteiger partial charge in [0.15, 0.2) is 11.5 Å². The number of carbonyl (C=O) groups excluding carboxylic acids is 1. The van der Waals surface area contributed by atoms with Crippen molar-refractivity contribution in [1.82, 2.24) is 5.48 Å². The van der Waals surface area contributed by atoms with Gasteiger partial charge in [-0.15, -0.1) is 0 Å². The number of nitrogens with one attached hydrogen (secondary N) is 1. The Bertz CT molecular complexity index is 469. The predicted octanol–water partition coefficient (Wildman–Crippen LogP) is 3.09. The lowest BCUT2D eigenvalue weighted by molar-refractivity contribution is -0.0125. The molecule has 0 radical (unpaired) electrons. The molecule has 5 heteroatoms. The smallest absolute Gasteiger partial charge is 0.274 e. The van der Waals surface area contributed by atoms with Crippen LogP contribution in [0, 0.1) is 0 Å². The first-order valence-corrected chi connectivity index (χ1v) is 7.60. The summed E-state index contributed by atoms with van der Waals surface area (Å²) in [6, 6.07) is 5.14. The summed E-state index contributed by atoms with van der Waals surface area (Å²) in [7, 11) is 0. The highest BCUT2D eigenvalue weighted by atomic mass is 16.7. The average Bonchev–Trinajstić information content (AvgIpc) is 3.00. The van der Waals surface area contributed by atoms with Gasteiger partial charge in [0.05, 0.1) is 19.3 Å². The quantitative estimate of drug-likeness (QED) is 0.785. The van der Waals surface area contributed by atoms with E-state index < -0.39 is 0 Å². The monoisotopic (exact) mass is 293 g/mol. The molecule has 0 aromatic heterocycles. The summed E-state index contributed by atoms with van der Waals surface area (Å²) in [5, 5.41) is 0. The normalized spacial score (nSPS) is 15.0. The van der Waals surface area contributed by atoms with E-state index in [2.05, 4.69) is 5.48 Å². The minimum absolute atomic E-state index is 0.142. The van der Waals surface area contributed by atoms with Gasteiger partial charge in [0.2, 0.25) is 0 Å². The third-order valence-electron chi connectivity index (χ3n) is 3.43. The van der Waals surface area contributed by atoms with Crippen LogP contribution in [-0.4, -0.2) is 25.2 Å². The van der Waals surface area contributed by atoms with Crippen LogP contribution in [0.4, 0.5) is 0 Å². The molecule has 0 unspecified atom stereocenters. The van der Waals surface area contributed by atoms with Crippen LogP contribution in [0.25, 0.3) is 0 Å². The van der Waals surface area contributed by atoms with Crippen molar-refractivity contribution >= 4 is 5.91 Å². The summed E-state index contributed by atoms with van der Waals surface area (Å²) in [5.74, 6) is 0.964. The number of carbonyl (C=O) groups is 1. The molecule has 0 saturated heterocycles. The molecule has 1 N–H and O–H groups in total. The fourth-order valence-electron chi connectivity index (χ4n) is 2.39. The molecule has 1 fully saturated rings. The summed E-state index contributed by atoms with van der Waals surface area (Å²) < 4.78 is 11.0. The summed E-state index contributed by atoms with van der Waals surface area (Å²) in [4.78, 5) is 17.5. The number of hydroxylamine groups is 1. The number of rotatable bonds is 7. The Morgan fingerprint density at radius 2 is 1.81 bits per heavy atom. The van der Waals surface area contributed by atoms with Gasteiger partial charge in [-0.3, -0.25) is 9.63 Å². The second-order valence-electron chi connectivity index (χ2n) is 4.98. The van der Waals surface area contributed by atoms with Crippen LogP contribution in [0.1, 0.15) is 49.9 Å². The Balaban J connectivity index is 2.00. The van der Waals surface area contributed by atoms with Crippen molar-refractivity contribution in [1.29, 1.82) is 0 Å². The zero-order chi connectivity index (χ0) is 15.1. The predicted molar refractivity (Wildman–Crippen MR) is 79.6 cm³/mol. The Labute approximate surface area is 125 Å². The van der Waals surface area contributed by atoms with Crippen molar-refractivity contribution in [3.8, 4) is 11.5 Å². The molecule has 1 aromatic carbocycles. The molecule has 1 aliphatic carbocycles. The van der Waals surface area contributed by atoms with Gasteiger partial charge in [-0.05, 0) is 44.9 Å². The average molecular weight is 293 g/mol. The van der Waals surface area contributed by atoms with E-state index >= 15 is 0 Å². The van der Waals surface area contributed by atoms with Crippen LogP contribution in [0.2, 0.25) is 0 Å². The summed E-state index contributed by atoms with van der Waals surface area (Å²) in [6.07, 6.45) is 4.49. The maximum Gasteiger partial charge on any atom is 0.274 e. The second-order valence-corrected chi connectivity index (χ2v) is 4.98. The van der Waals surface area contributed by atoms with Gasteiger partial charge in [-0.25, -0.2) is 5.48 Å². The topological polar surface area (TPSA) is 56.8 Å². The maximum absolute atomic E-state index is 12.1. The molecule has 1 saturated carbocycles. The highest BCUT2D eigenvalue weighted by Gasteiger charge is 2.18. The fraction of sp³-hybridized carbons (Fsp3) is 0.562. The Morgan fingerprint density at radius 3 is 2.48 bits per heavy atom. The molecule has 1 aromatic rings. The van der Waals surface area contributed by atoms with Crippen molar-refractivity contribution in [3.63, 3.8) is 0 Å². The zero-order valence-electron chi connectivity index (χ0n) is 12.7. The molecule has 1 aliphatic rings. The number of amides is 1. The van der Waals surface area contributed by atoms with Crippen LogP contribution in [0.5, 0.6) is 11.5 Å². The lowest BCUT2D eigenvalue weighted by Crippen LogP contribution is -2.28. The first kappa shape index (κ1) is 15.6. The van der Waals surface area contributed by atoms with E-state index in [1.54, 1.807) is 18.2 Å². The summed E-state index contributed by atoms with van der Waals surface area (Å²) in [6.45, 7) is 4.87. The van der Waals surface area contributed by atoms with Crippen molar-refractivity contribution in [2.24, 2.45) is 0 Å². The van der Waals surface area contributed by atoms with Gasteiger partial charge in [0.25, 0.3) is 5.91 Å². The van der Waals surface area contributed by atoms with Crippen molar-refractivity contribution in [3.05, 3.63) is 23.8 Å². The largest absolute Gasteiger partial charge is 0.490 e. The van der Waals surface area contributed by atoms with Crippen LogP contribution in [-0.2, 0) is 4.84 Å². The zero-order valence-corrected chi connectivity index (χ0v) is 12.7. The van der Waals surface area contributed by atoms with Gasteiger partial charge >= 0.3 is 0 Å². The molecular weight excluding hydrogens is 270 g/mol. The van der Waals surface area contributed by atoms with E-state index in [0.717, 1.165) is 25.7 Å². The molecule has 116 valence electrons. The van der Waals surface area contributed by atoms with E-state index in [9.17, 15) is 4.79 Å². The van der Waals surface area contributed by atoms with Crippen LogP contribution >= 0.6 is 0 Å². The summed E-state index contributed by atoms with van der Waals surface area (Å²) >= 11 is 0. The van der Waals surface area contributed by atoms with E-state index in [1.165, 1.54) is 0 Å². The van der Waals surface area contributed by atoms with Gasteiger partial charge in [-0.1, -0.05) is 12.8 Å². The van der Waals surface area contributed by atoms with E-state index in [1.807, 2.05) is 13.8 Å². The van der Waals surface area contributed by atoms with E-state index in [-0.39, 0.29) is 12.0 Å². The van der Waals surface area contributed by atoms with Gasteiger partial charge < -0.3 is 9.47 Å². The molecule has 0 atom stereocenters. The SMILES string of the molecule is CCOc1ccc(C(=O)NOC2CCCC2)cc1OCC. The molecule has 5 nitrogen and oxygen atoms in total. The first-order valence-electron chi connectivity index (χ1n) is 7.60. The standard InChI is InChI=1S/C16H23NO4/c1-3-19-14-10-9-12(11-15(14)20-4-2)16(18)17-21-13-7-5-6-8-13/h9-11,13H,3-8H2,1-2H3,(H,17,18). The Kier molecular flexibility index (Phi) is 5.87. The Morgan fingerprint density at radius 1 is 1.14 bits per heavy atom. The number of ether oxygens (including phenoxy) is 2. The molecular formula is C16H23NO4. The van der Waals surface area contributed by atoms with E-state index in [0.29, 0.717) is 30.3 Å². The lowest BCUT2D eigenvalue weighted by Gasteiger charge is -2.14. The molecule has 21 heavy (non-hydrogen) atoms. The lowest BCUT2D eigenvalue weighted by atomic mass is 10.2. The second kappa shape index (κ2) is 7.88. The summed E-state index contributed by atoms with van der Waals surface area (Å²) in [5.41, 5.74) is 3.03. The van der Waals surface area contributed by atoms with Crippen LogP contribution < -0.4 is 15.0 Å². The molecule has 2 rings (SSSR count). The highest BCUT2D eigenvalue weighted by molar-refractivity contribution is 5.94. The third kappa shape index (κ3) is 4.36. The molecule has 0 bridgehead atoms. The fourth-order valence-corrected chi connectivity index (χ4v) is 2.39. The van der Waals surface area contributed by atoms with Crippen LogP contribution in [0.3, 0.4) is 0 Å². The maximum atomic E-state index is 12.1. The highest BCUT2D eigenvalue weighted by Crippen LogP contribution is 2.28. The van der Waals surface area contributed by atoms with Gasteiger partial charge in [0.1, 0.15) is 0 Å². The van der Waals surface area contributed by atoms with Gasteiger partial charge in [-0.2, -0.15) is 0 Å². The number of hydrogen-bond donors (Lipinski definition) is 1. The number of benzene rings is 1. The van der Waals surface area contributed by atoms with Crippen molar-refractivity contribution < 1.29 is 19.1 Å². The third-order valence-corrected chi connectivity index (χ3v) is 3.43. The molecule has 0 heterocycles. The Hall–Kier alpha value is -1.75. The molecule has 1 amide bonds.